The van der Waals surface area contributed by atoms with Crippen LogP contribution in [0.4, 0.5) is 0 Å². The molecule has 0 fully saturated rings. The molecule has 0 atom stereocenters. The van der Waals surface area contributed by atoms with Crippen LogP contribution in [0.25, 0.3) is 6.08 Å². The molecule has 0 saturated carbocycles. The first kappa shape index (κ1) is 14.1. The smallest absolute Gasteiger partial charge is 0.336 e. The van der Waals surface area contributed by atoms with Gasteiger partial charge in [-0.15, -0.1) is 0 Å². The molecule has 0 spiro atoms. The molecule has 0 aromatic heterocycles. The summed E-state index contributed by atoms with van der Waals surface area (Å²) in [5, 5.41) is 0. The molecule has 0 saturated heterocycles. The van der Waals surface area contributed by atoms with Crippen LogP contribution >= 0.6 is 0 Å². The summed E-state index contributed by atoms with van der Waals surface area (Å²) in [4.78, 5) is 11.8. The van der Waals surface area contributed by atoms with Crippen LogP contribution < -0.4 is 4.74 Å². The molecule has 2 rings (SSSR count). The van der Waals surface area contributed by atoms with Gasteiger partial charge in [-0.3, -0.25) is 0 Å². The van der Waals surface area contributed by atoms with Gasteiger partial charge in [0.2, 0.25) is 0 Å². The average Bonchev–Trinajstić information content (AvgIpc) is 2.41. The first-order valence-corrected chi connectivity index (χ1v) is 6.58. The molecule has 2 nitrogen and oxygen atoms in total. The summed E-state index contributed by atoms with van der Waals surface area (Å²) in [5.41, 5.74) is 4.28. The third kappa shape index (κ3) is 3.82. The standard InChI is InChI=1S/C18H18O2/c1-13-4-7-16(8-5-13)9-11-18(19)20-17-10-6-14(2)12-15(17)3/h4-12H,1-3H3. The number of rotatable bonds is 3. The Bertz CT molecular complexity index is 637. The van der Waals surface area contributed by atoms with Gasteiger partial charge in [-0.2, -0.15) is 0 Å². The molecular formula is C18H18O2. The Hall–Kier alpha value is -2.35. The Morgan fingerprint density at radius 1 is 0.950 bits per heavy atom. The maximum Gasteiger partial charge on any atom is 0.336 e. The van der Waals surface area contributed by atoms with Crippen molar-refractivity contribution >= 4 is 12.0 Å². The van der Waals surface area contributed by atoms with Gasteiger partial charge in [-0.25, -0.2) is 4.79 Å². The van der Waals surface area contributed by atoms with Gasteiger partial charge in [-0.05, 0) is 44.0 Å². The molecule has 0 radical (unpaired) electrons. The first-order chi connectivity index (χ1) is 9.54. The molecule has 0 aliphatic carbocycles. The van der Waals surface area contributed by atoms with E-state index in [-0.39, 0.29) is 5.97 Å². The van der Waals surface area contributed by atoms with Crippen LogP contribution in [0.3, 0.4) is 0 Å². The van der Waals surface area contributed by atoms with Crippen LogP contribution in [0.15, 0.2) is 48.5 Å². The lowest BCUT2D eigenvalue weighted by atomic mass is 10.1. The quantitative estimate of drug-likeness (QED) is 0.472. The molecule has 0 heterocycles. The highest BCUT2D eigenvalue weighted by atomic mass is 16.5. The number of aryl methyl sites for hydroxylation is 3. The Morgan fingerprint density at radius 3 is 2.25 bits per heavy atom. The zero-order chi connectivity index (χ0) is 14.5. The van der Waals surface area contributed by atoms with E-state index in [1.165, 1.54) is 11.6 Å². The van der Waals surface area contributed by atoms with Gasteiger partial charge in [0.25, 0.3) is 0 Å². The minimum absolute atomic E-state index is 0.363. The summed E-state index contributed by atoms with van der Waals surface area (Å²) < 4.78 is 5.32. The number of hydrogen-bond donors (Lipinski definition) is 0. The van der Waals surface area contributed by atoms with E-state index < -0.39 is 0 Å². The van der Waals surface area contributed by atoms with Gasteiger partial charge in [0, 0.05) is 6.08 Å². The minimum Gasteiger partial charge on any atom is -0.423 e. The van der Waals surface area contributed by atoms with Crippen LogP contribution in [0.1, 0.15) is 22.3 Å². The van der Waals surface area contributed by atoms with E-state index in [1.54, 1.807) is 6.08 Å². The van der Waals surface area contributed by atoms with Crippen LogP contribution in [-0.4, -0.2) is 5.97 Å². The molecule has 0 N–H and O–H groups in total. The Labute approximate surface area is 119 Å². The molecule has 2 heteroatoms. The maximum atomic E-state index is 11.8. The van der Waals surface area contributed by atoms with E-state index in [0.29, 0.717) is 5.75 Å². The summed E-state index contributed by atoms with van der Waals surface area (Å²) >= 11 is 0. The second-order valence-corrected chi connectivity index (χ2v) is 4.93. The third-order valence-electron chi connectivity index (χ3n) is 3.03. The Balaban J connectivity index is 2.03. The van der Waals surface area contributed by atoms with Crippen LogP contribution in [-0.2, 0) is 4.79 Å². The van der Waals surface area contributed by atoms with Crippen molar-refractivity contribution < 1.29 is 9.53 Å². The molecule has 102 valence electrons. The fourth-order valence-corrected chi connectivity index (χ4v) is 1.90. The lowest BCUT2D eigenvalue weighted by Gasteiger charge is -2.05. The van der Waals surface area contributed by atoms with E-state index in [1.807, 2.05) is 63.2 Å². The molecule has 2 aromatic rings. The predicted octanol–water partition coefficient (Wildman–Crippen LogP) is 4.23. The maximum absolute atomic E-state index is 11.8. The summed E-state index contributed by atoms with van der Waals surface area (Å²) in [5.74, 6) is 0.242. The van der Waals surface area contributed by atoms with E-state index >= 15 is 0 Å². The third-order valence-corrected chi connectivity index (χ3v) is 3.03. The molecule has 0 aliphatic rings. The molecule has 0 aliphatic heterocycles. The molecule has 2 aromatic carbocycles. The highest BCUT2D eigenvalue weighted by Crippen LogP contribution is 2.19. The zero-order valence-electron chi connectivity index (χ0n) is 12.0. The minimum atomic E-state index is -0.363. The number of carbonyl (C=O) groups is 1. The summed E-state index contributed by atoms with van der Waals surface area (Å²) in [6.45, 7) is 5.97. The molecule has 0 bridgehead atoms. The normalized spacial score (nSPS) is 10.8. The number of esters is 1. The van der Waals surface area contributed by atoms with Crippen molar-refractivity contribution in [2.24, 2.45) is 0 Å². The summed E-state index contributed by atoms with van der Waals surface area (Å²) in [7, 11) is 0. The van der Waals surface area contributed by atoms with Gasteiger partial charge in [-0.1, -0.05) is 47.5 Å². The van der Waals surface area contributed by atoms with Crippen molar-refractivity contribution in [3.8, 4) is 5.75 Å². The largest absolute Gasteiger partial charge is 0.423 e. The Kier molecular flexibility index (Phi) is 4.36. The van der Waals surface area contributed by atoms with Crippen LogP contribution in [0, 0.1) is 20.8 Å². The van der Waals surface area contributed by atoms with E-state index in [0.717, 1.165) is 16.7 Å². The fourth-order valence-electron chi connectivity index (χ4n) is 1.90. The number of carbonyl (C=O) groups excluding carboxylic acids is 1. The van der Waals surface area contributed by atoms with Gasteiger partial charge >= 0.3 is 5.97 Å². The summed E-state index contributed by atoms with van der Waals surface area (Å²) in [6, 6.07) is 13.7. The predicted molar refractivity (Wildman–Crippen MR) is 81.8 cm³/mol. The van der Waals surface area contributed by atoms with Crippen molar-refractivity contribution in [1.29, 1.82) is 0 Å². The van der Waals surface area contributed by atoms with Crippen molar-refractivity contribution in [1.82, 2.24) is 0 Å². The highest BCUT2D eigenvalue weighted by Gasteiger charge is 2.04. The van der Waals surface area contributed by atoms with Crippen LogP contribution in [0.2, 0.25) is 0 Å². The molecule has 20 heavy (non-hydrogen) atoms. The first-order valence-electron chi connectivity index (χ1n) is 6.58. The van der Waals surface area contributed by atoms with Gasteiger partial charge in [0.05, 0.1) is 0 Å². The fraction of sp³-hybridized carbons (Fsp3) is 0.167. The molecule has 0 unspecified atom stereocenters. The van der Waals surface area contributed by atoms with Crippen molar-refractivity contribution in [2.75, 3.05) is 0 Å². The average molecular weight is 266 g/mol. The van der Waals surface area contributed by atoms with Crippen molar-refractivity contribution in [3.05, 3.63) is 70.8 Å². The number of hydrogen-bond acceptors (Lipinski definition) is 2. The second-order valence-electron chi connectivity index (χ2n) is 4.93. The van der Waals surface area contributed by atoms with E-state index in [4.69, 9.17) is 4.74 Å². The van der Waals surface area contributed by atoms with Crippen LogP contribution in [0.5, 0.6) is 5.75 Å². The second kappa shape index (κ2) is 6.20. The number of ether oxygens (including phenoxy) is 1. The number of benzene rings is 2. The molecule has 0 amide bonds. The lowest BCUT2D eigenvalue weighted by Crippen LogP contribution is -2.04. The van der Waals surface area contributed by atoms with E-state index in [2.05, 4.69) is 0 Å². The monoisotopic (exact) mass is 266 g/mol. The topological polar surface area (TPSA) is 26.3 Å². The SMILES string of the molecule is Cc1ccc(C=CC(=O)Oc2ccc(C)cc2C)cc1. The zero-order valence-corrected chi connectivity index (χ0v) is 12.0. The highest BCUT2D eigenvalue weighted by molar-refractivity contribution is 5.88. The van der Waals surface area contributed by atoms with Gasteiger partial charge in [0.1, 0.15) is 5.75 Å². The summed E-state index contributed by atoms with van der Waals surface area (Å²) in [6.07, 6.45) is 3.20. The van der Waals surface area contributed by atoms with Crippen molar-refractivity contribution in [3.63, 3.8) is 0 Å². The van der Waals surface area contributed by atoms with Gasteiger partial charge in [0.15, 0.2) is 0 Å². The van der Waals surface area contributed by atoms with E-state index in [9.17, 15) is 4.79 Å². The van der Waals surface area contributed by atoms with Crippen molar-refractivity contribution in [2.45, 2.75) is 20.8 Å². The lowest BCUT2D eigenvalue weighted by molar-refractivity contribution is -0.128. The Morgan fingerprint density at radius 2 is 1.60 bits per heavy atom. The van der Waals surface area contributed by atoms with Gasteiger partial charge < -0.3 is 4.74 Å². The molecular weight excluding hydrogens is 248 g/mol.